The minimum atomic E-state index is -0.960. The Labute approximate surface area is 158 Å². The molecule has 1 amide bonds. The lowest BCUT2D eigenvalue weighted by Gasteiger charge is -2.38. The van der Waals surface area contributed by atoms with Crippen LogP contribution in [0.3, 0.4) is 0 Å². The predicted molar refractivity (Wildman–Crippen MR) is 105 cm³/mol. The van der Waals surface area contributed by atoms with E-state index in [1.165, 1.54) is 17.3 Å². The van der Waals surface area contributed by atoms with Gasteiger partial charge in [-0.1, -0.05) is 35.5 Å². The molecule has 1 saturated carbocycles. The first-order chi connectivity index (χ1) is 12.4. The number of aliphatic imine (C=N–C) groups is 1. The van der Waals surface area contributed by atoms with Crippen molar-refractivity contribution in [3.63, 3.8) is 0 Å². The van der Waals surface area contributed by atoms with Gasteiger partial charge in [0.2, 0.25) is 5.91 Å². The number of aryl methyl sites for hydroxylation is 1. The van der Waals surface area contributed by atoms with Crippen molar-refractivity contribution in [2.45, 2.75) is 36.8 Å². The van der Waals surface area contributed by atoms with E-state index in [1.54, 1.807) is 18.0 Å². The highest BCUT2D eigenvalue weighted by Crippen LogP contribution is 2.42. The Kier molecular flexibility index (Phi) is 5.70. The summed E-state index contributed by atoms with van der Waals surface area (Å²) in [7, 11) is 1.72. The Balaban J connectivity index is 1.77. The molecule has 6 nitrogen and oxygen atoms in total. The highest BCUT2D eigenvalue weighted by Gasteiger charge is 2.50. The van der Waals surface area contributed by atoms with E-state index < -0.39 is 24.2 Å². The third-order valence-electron chi connectivity index (χ3n) is 4.89. The van der Waals surface area contributed by atoms with E-state index in [4.69, 9.17) is 0 Å². The molecule has 1 aromatic rings. The number of benzene rings is 1. The number of nitrogens with one attached hydrogen (secondary N) is 1. The third-order valence-corrected chi connectivity index (χ3v) is 6.20. The lowest BCUT2D eigenvalue weighted by Crippen LogP contribution is -2.54. The Bertz CT molecular complexity index is 706. The summed E-state index contributed by atoms with van der Waals surface area (Å²) in [6, 6.07) is 7.44. The minimum absolute atomic E-state index is 0.0508. The number of carbonyl (C=O) groups is 1. The van der Waals surface area contributed by atoms with Crippen LogP contribution in [-0.4, -0.2) is 63.3 Å². The quantitative estimate of drug-likeness (QED) is 0.697. The number of anilines is 1. The smallest absolute Gasteiger partial charge is 0.227 e. The van der Waals surface area contributed by atoms with E-state index in [0.29, 0.717) is 11.7 Å². The van der Waals surface area contributed by atoms with Crippen molar-refractivity contribution >= 4 is 28.5 Å². The summed E-state index contributed by atoms with van der Waals surface area (Å²) in [5, 5.41) is 24.3. The van der Waals surface area contributed by atoms with Crippen LogP contribution in [0, 0.1) is 12.8 Å². The lowest BCUT2D eigenvalue weighted by molar-refractivity contribution is -0.138. The average Bonchev–Trinajstić information content (AvgIpc) is 3.03. The molecule has 0 radical (unpaired) electrons. The summed E-state index contributed by atoms with van der Waals surface area (Å²) in [6.45, 7) is 6.14. The van der Waals surface area contributed by atoms with Crippen LogP contribution < -0.4 is 5.32 Å². The summed E-state index contributed by atoms with van der Waals surface area (Å²) < 4.78 is 0. The SMILES string of the molecule is C=CCN(C)C(=O)C1CC(O)C(O)C2N=C(Nc3ccc(C)cc3)SC12. The van der Waals surface area contributed by atoms with Crippen molar-refractivity contribution in [2.75, 3.05) is 18.9 Å². The van der Waals surface area contributed by atoms with Crippen LogP contribution in [0.25, 0.3) is 0 Å². The predicted octanol–water partition coefficient (Wildman–Crippen LogP) is 1.63. The van der Waals surface area contributed by atoms with Gasteiger partial charge in [0.1, 0.15) is 6.10 Å². The molecule has 1 aromatic carbocycles. The summed E-state index contributed by atoms with van der Waals surface area (Å²) in [6.07, 6.45) is -0.00114. The zero-order valence-corrected chi connectivity index (χ0v) is 15.8. The zero-order valence-electron chi connectivity index (χ0n) is 15.0. The molecule has 0 aromatic heterocycles. The van der Waals surface area contributed by atoms with E-state index in [0.717, 1.165) is 5.69 Å². The van der Waals surface area contributed by atoms with E-state index in [9.17, 15) is 15.0 Å². The van der Waals surface area contributed by atoms with Crippen molar-refractivity contribution in [3.05, 3.63) is 42.5 Å². The molecule has 5 atom stereocenters. The number of fused-ring (bicyclic) bond motifs is 1. The molecule has 5 unspecified atom stereocenters. The van der Waals surface area contributed by atoms with Gasteiger partial charge in [0.25, 0.3) is 0 Å². The van der Waals surface area contributed by atoms with Gasteiger partial charge in [-0.2, -0.15) is 0 Å². The van der Waals surface area contributed by atoms with E-state index in [-0.39, 0.29) is 17.6 Å². The first-order valence-electron chi connectivity index (χ1n) is 8.71. The van der Waals surface area contributed by atoms with Gasteiger partial charge in [-0.3, -0.25) is 9.79 Å². The monoisotopic (exact) mass is 375 g/mol. The average molecular weight is 375 g/mol. The van der Waals surface area contributed by atoms with Crippen molar-refractivity contribution in [2.24, 2.45) is 10.9 Å². The molecule has 3 rings (SSSR count). The lowest BCUT2D eigenvalue weighted by atomic mass is 9.80. The van der Waals surface area contributed by atoms with Gasteiger partial charge in [-0.15, -0.1) is 6.58 Å². The fraction of sp³-hybridized carbons (Fsp3) is 0.474. The van der Waals surface area contributed by atoms with Crippen LogP contribution in [0.4, 0.5) is 5.69 Å². The van der Waals surface area contributed by atoms with Crippen molar-refractivity contribution < 1.29 is 15.0 Å². The van der Waals surface area contributed by atoms with E-state index in [1.807, 2.05) is 31.2 Å². The second kappa shape index (κ2) is 7.82. The first-order valence-corrected chi connectivity index (χ1v) is 9.59. The van der Waals surface area contributed by atoms with Crippen LogP contribution in [-0.2, 0) is 4.79 Å². The number of aliphatic hydroxyl groups excluding tert-OH is 2. The number of amidine groups is 1. The molecule has 1 aliphatic carbocycles. The second-order valence-electron chi connectivity index (χ2n) is 6.91. The van der Waals surface area contributed by atoms with E-state index in [2.05, 4.69) is 16.9 Å². The van der Waals surface area contributed by atoms with Gasteiger partial charge in [-0.25, -0.2) is 0 Å². The zero-order chi connectivity index (χ0) is 18.8. The van der Waals surface area contributed by atoms with Gasteiger partial charge < -0.3 is 20.4 Å². The number of aliphatic hydroxyl groups is 2. The summed E-state index contributed by atoms with van der Waals surface area (Å²) in [4.78, 5) is 19.0. The Morgan fingerprint density at radius 3 is 2.77 bits per heavy atom. The molecule has 1 aliphatic heterocycles. The number of nitrogens with zero attached hydrogens (tertiary/aromatic N) is 2. The number of hydrogen-bond donors (Lipinski definition) is 3. The van der Waals surface area contributed by atoms with Gasteiger partial charge >= 0.3 is 0 Å². The maximum atomic E-state index is 12.8. The number of likely N-dealkylation sites (N-methyl/N-ethyl adjacent to an activating group) is 1. The molecular formula is C19H25N3O3S. The molecule has 0 saturated heterocycles. The van der Waals surface area contributed by atoms with Crippen LogP contribution in [0.1, 0.15) is 12.0 Å². The molecule has 2 aliphatic rings. The molecule has 3 N–H and O–H groups in total. The number of amides is 1. The molecule has 1 heterocycles. The van der Waals surface area contributed by atoms with Crippen LogP contribution in [0.2, 0.25) is 0 Å². The molecule has 26 heavy (non-hydrogen) atoms. The third kappa shape index (κ3) is 3.79. The second-order valence-corrected chi connectivity index (χ2v) is 8.07. The van der Waals surface area contributed by atoms with Gasteiger partial charge in [0.05, 0.1) is 18.1 Å². The number of thioether (sulfide) groups is 1. The number of hydrogen-bond acceptors (Lipinski definition) is 6. The van der Waals surface area contributed by atoms with Crippen LogP contribution in [0.15, 0.2) is 41.9 Å². The van der Waals surface area contributed by atoms with Crippen molar-refractivity contribution in [3.8, 4) is 0 Å². The molecule has 140 valence electrons. The summed E-state index contributed by atoms with van der Waals surface area (Å²) in [5.41, 5.74) is 2.07. The largest absolute Gasteiger partial charge is 0.390 e. The Hall–Kier alpha value is -1.83. The summed E-state index contributed by atoms with van der Waals surface area (Å²) in [5.74, 6) is -0.445. The van der Waals surface area contributed by atoms with Gasteiger partial charge in [0.15, 0.2) is 5.17 Å². The van der Waals surface area contributed by atoms with Gasteiger partial charge in [-0.05, 0) is 25.5 Å². The molecule has 0 spiro atoms. The standard InChI is InChI=1S/C19H25N3O3S/c1-4-9-22(3)18(25)13-10-14(23)16(24)15-17(13)26-19(21-15)20-12-7-5-11(2)6-8-12/h4-8,13-17,23-24H,1,9-10H2,2-3H3,(H,20,21). The van der Waals surface area contributed by atoms with Crippen LogP contribution >= 0.6 is 11.8 Å². The Morgan fingerprint density at radius 1 is 1.42 bits per heavy atom. The van der Waals surface area contributed by atoms with Crippen molar-refractivity contribution in [1.29, 1.82) is 0 Å². The maximum absolute atomic E-state index is 12.8. The topological polar surface area (TPSA) is 85.2 Å². The highest BCUT2D eigenvalue weighted by atomic mass is 32.2. The number of rotatable bonds is 4. The highest BCUT2D eigenvalue weighted by molar-refractivity contribution is 8.15. The summed E-state index contributed by atoms with van der Waals surface area (Å²) >= 11 is 1.47. The molecule has 7 heteroatoms. The first kappa shape index (κ1) is 18.9. The Morgan fingerprint density at radius 2 is 2.12 bits per heavy atom. The fourth-order valence-corrected chi connectivity index (χ4v) is 4.79. The van der Waals surface area contributed by atoms with Crippen LogP contribution in [0.5, 0.6) is 0 Å². The number of carbonyl (C=O) groups excluding carboxylic acids is 1. The molecular weight excluding hydrogens is 350 g/mol. The molecule has 1 fully saturated rings. The van der Waals surface area contributed by atoms with Gasteiger partial charge in [0, 0.05) is 24.5 Å². The van der Waals surface area contributed by atoms with Crippen molar-refractivity contribution in [1.82, 2.24) is 4.90 Å². The fourth-order valence-electron chi connectivity index (χ4n) is 3.42. The van der Waals surface area contributed by atoms with E-state index >= 15 is 0 Å². The molecule has 0 bridgehead atoms. The maximum Gasteiger partial charge on any atom is 0.227 e. The minimum Gasteiger partial charge on any atom is -0.390 e. The normalized spacial score (nSPS) is 30.3.